The lowest BCUT2D eigenvalue weighted by atomic mass is 9.73. The number of fused-ring (bicyclic) bond motifs is 2. The van der Waals surface area contributed by atoms with E-state index >= 15 is 8.78 Å². The number of nitrogens with zero attached hydrogens (tertiary/aromatic N) is 4. The summed E-state index contributed by atoms with van der Waals surface area (Å²) in [5.41, 5.74) is -1.01. The first-order valence-corrected chi connectivity index (χ1v) is 20.1. The van der Waals surface area contributed by atoms with E-state index in [0.29, 0.717) is 17.7 Å². The second-order valence-corrected chi connectivity index (χ2v) is 16.9. The number of aliphatic hydroxyl groups is 1. The van der Waals surface area contributed by atoms with E-state index in [1.165, 1.54) is 11.8 Å². The van der Waals surface area contributed by atoms with Gasteiger partial charge < -0.3 is 33.7 Å². The number of ether oxygens (including phenoxy) is 5. The molecule has 2 aromatic rings. The summed E-state index contributed by atoms with van der Waals surface area (Å²) in [5.74, 6) is -5.06. The van der Waals surface area contributed by atoms with Gasteiger partial charge in [0.15, 0.2) is 11.9 Å². The maximum absolute atomic E-state index is 16.4. The smallest absolute Gasteiger partial charge is 0.410 e. The summed E-state index contributed by atoms with van der Waals surface area (Å²) in [4.78, 5) is 53.9. The molecule has 12 atom stereocenters. The van der Waals surface area contributed by atoms with Crippen LogP contribution in [0, 0.1) is 29.6 Å². The number of Topliss-reactive ketones (excluding diaryl/α,β-unsaturated/α-hetero) is 1. The zero-order chi connectivity index (χ0) is 42.3. The van der Waals surface area contributed by atoms with E-state index in [1.807, 2.05) is 56.0 Å². The largest absolute Gasteiger partial charge is 0.453 e. The number of hydrogen-bond donors (Lipinski definition) is 1. The predicted molar refractivity (Wildman–Crippen MR) is 210 cm³/mol. The van der Waals surface area contributed by atoms with E-state index in [9.17, 15) is 19.5 Å². The Morgan fingerprint density at radius 2 is 1.81 bits per heavy atom. The molecule has 58 heavy (non-hydrogen) atoms. The van der Waals surface area contributed by atoms with Gasteiger partial charge in [-0.25, -0.2) is 9.59 Å². The summed E-state index contributed by atoms with van der Waals surface area (Å²) in [6.07, 6.45) is -4.34. The molecule has 5 heterocycles. The maximum atomic E-state index is 16.4. The molecule has 6 rings (SSSR count). The Hall–Kier alpha value is -4.07. The number of aliphatic hydroxyl groups excluding tert-OH is 1. The molecule has 1 aromatic heterocycles. The van der Waals surface area contributed by atoms with Gasteiger partial charge >= 0.3 is 18.0 Å². The molecule has 1 aromatic carbocycles. The van der Waals surface area contributed by atoms with Crippen molar-refractivity contribution in [1.29, 1.82) is 0 Å². The van der Waals surface area contributed by atoms with Gasteiger partial charge in [0.1, 0.15) is 18.8 Å². The van der Waals surface area contributed by atoms with Gasteiger partial charge in [-0.2, -0.15) is 8.78 Å². The number of aromatic nitrogens is 1. The normalized spacial score (nSPS) is 36.9. The Labute approximate surface area is 338 Å². The third kappa shape index (κ3) is 8.23. The van der Waals surface area contributed by atoms with Crippen LogP contribution < -0.4 is 0 Å². The average molecular weight is 811 g/mol. The van der Waals surface area contributed by atoms with Gasteiger partial charge in [0.25, 0.3) is 0 Å². The molecule has 4 aliphatic heterocycles. The number of pyridine rings is 1. The Kier molecular flexibility index (Phi) is 12.7. The van der Waals surface area contributed by atoms with Crippen molar-refractivity contribution in [3.8, 4) is 11.8 Å². The predicted octanol–water partition coefficient (Wildman–Crippen LogP) is 5.05. The zero-order valence-corrected chi connectivity index (χ0v) is 34.7. The van der Waals surface area contributed by atoms with E-state index in [1.54, 1.807) is 41.1 Å². The SMILES string of the molecule is CC[C@@H]1OC(=O)C(F)(F)C(=O)[C@H](C)[C@@H](O[C@@H]2O[C@H](C)C[C@H](N(C)C)[C@H]2O)[C@@](C)(OCC#Cc2cnc3ccccc3c2)C[C@@H](C)C2=NCCN3C(=O)O[C@@]1(C)[C@H]3[C@@H]2C. The molecule has 3 fully saturated rings. The molecule has 3 saturated heterocycles. The van der Waals surface area contributed by atoms with Crippen LogP contribution in [0.25, 0.3) is 10.9 Å². The maximum Gasteiger partial charge on any atom is 0.410 e. The highest BCUT2D eigenvalue weighted by Crippen LogP contribution is 2.44. The third-order valence-electron chi connectivity index (χ3n) is 12.4. The second kappa shape index (κ2) is 16.9. The minimum atomic E-state index is -4.65. The van der Waals surface area contributed by atoms with Crippen LogP contribution in [0.5, 0.6) is 0 Å². The van der Waals surface area contributed by atoms with Gasteiger partial charge in [0.05, 0.1) is 41.8 Å². The summed E-state index contributed by atoms with van der Waals surface area (Å²) < 4.78 is 63.5. The average Bonchev–Trinajstić information content (AvgIpc) is 3.30. The second-order valence-electron chi connectivity index (χ2n) is 16.9. The van der Waals surface area contributed by atoms with Gasteiger partial charge in [-0.15, -0.1) is 0 Å². The number of rotatable bonds is 6. The number of ketones is 1. The molecule has 0 spiro atoms. The van der Waals surface area contributed by atoms with Gasteiger partial charge in [0, 0.05) is 41.4 Å². The fraction of sp³-hybridized carbons (Fsp3) is 0.651. The van der Waals surface area contributed by atoms with Crippen molar-refractivity contribution < 1.29 is 52.0 Å². The van der Waals surface area contributed by atoms with Crippen molar-refractivity contribution >= 4 is 34.5 Å². The molecule has 4 aliphatic rings. The number of cyclic esters (lactones) is 1. The standard InChI is InChI=1S/C43H56F2N4O9/c1-10-32-42(7)35-26(4)33(46-17-18-49(35)40(53)58-42)24(2)22-41(6,54-19-13-14-28-21-29-15-11-12-16-30(29)47-23-28)37(27(5)36(51)43(44,45)39(52)56-32)57-38-34(50)31(48(8)9)20-25(3)55-38/h11-12,15-16,21,23-27,31-32,34-35,37-38,50H,10,17-20,22H2,1-9H3/t24-,25-,26-,27+,31+,32+,34-,35-,37-,38+,41+,42-/m1/s1. The first-order chi connectivity index (χ1) is 27.3. The van der Waals surface area contributed by atoms with Crippen molar-refractivity contribution in [2.45, 2.75) is 128 Å². The van der Waals surface area contributed by atoms with Crippen LogP contribution in [-0.2, 0) is 33.3 Å². The van der Waals surface area contributed by atoms with Crippen LogP contribution in [0.15, 0.2) is 41.5 Å². The number of amides is 1. The monoisotopic (exact) mass is 810 g/mol. The number of carbonyl (C=O) groups is 3. The van der Waals surface area contributed by atoms with Crippen molar-refractivity contribution in [1.82, 2.24) is 14.8 Å². The van der Waals surface area contributed by atoms with Crippen molar-refractivity contribution in [3.63, 3.8) is 0 Å². The molecule has 316 valence electrons. The number of alkyl halides is 2. The van der Waals surface area contributed by atoms with E-state index in [-0.39, 0.29) is 32.5 Å². The molecule has 1 N–H and O–H groups in total. The molecule has 0 aliphatic carbocycles. The van der Waals surface area contributed by atoms with E-state index in [0.717, 1.165) is 10.9 Å². The number of aliphatic imine (C=N–C) groups is 1. The Bertz CT molecular complexity index is 1970. The minimum absolute atomic E-state index is 0.0184. The van der Waals surface area contributed by atoms with Crippen LogP contribution in [0.1, 0.15) is 73.3 Å². The Morgan fingerprint density at radius 1 is 1.09 bits per heavy atom. The number of carbonyl (C=O) groups excluding carboxylic acids is 3. The molecule has 2 bridgehead atoms. The number of esters is 1. The third-order valence-corrected chi connectivity index (χ3v) is 12.4. The highest BCUT2D eigenvalue weighted by Gasteiger charge is 2.63. The van der Waals surface area contributed by atoms with Crippen molar-refractivity contribution in [3.05, 3.63) is 42.1 Å². The van der Waals surface area contributed by atoms with Crippen LogP contribution in [0.4, 0.5) is 13.6 Å². The fourth-order valence-electron chi connectivity index (χ4n) is 9.55. The lowest BCUT2D eigenvalue weighted by Crippen LogP contribution is -2.61. The Balaban J connectivity index is 1.45. The molecule has 0 saturated carbocycles. The molecule has 15 heteroatoms. The van der Waals surface area contributed by atoms with Gasteiger partial charge in [-0.3, -0.25) is 19.7 Å². The number of likely N-dealkylation sites (N-methyl/N-ethyl adjacent to an activating group) is 1. The highest BCUT2D eigenvalue weighted by atomic mass is 19.3. The lowest BCUT2D eigenvalue weighted by Gasteiger charge is -2.47. The molecule has 0 unspecified atom stereocenters. The highest BCUT2D eigenvalue weighted by molar-refractivity contribution is 6.06. The summed E-state index contributed by atoms with van der Waals surface area (Å²) in [6, 6.07) is 8.32. The van der Waals surface area contributed by atoms with E-state index in [2.05, 4.69) is 16.8 Å². The van der Waals surface area contributed by atoms with Crippen LogP contribution in [-0.4, -0.2) is 137 Å². The van der Waals surface area contributed by atoms with E-state index in [4.69, 9.17) is 28.7 Å². The number of hydrogen-bond acceptors (Lipinski definition) is 12. The molecule has 0 radical (unpaired) electrons. The van der Waals surface area contributed by atoms with Gasteiger partial charge in [0.2, 0.25) is 5.78 Å². The zero-order valence-electron chi connectivity index (χ0n) is 34.7. The van der Waals surface area contributed by atoms with Crippen LogP contribution in [0.2, 0.25) is 0 Å². The number of halogens is 2. The molecule has 1 amide bonds. The number of para-hydroxylation sites is 1. The van der Waals surface area contributed by atoms with Crippen LogP contribution in [0.3, 0.4) is 0 Å². The quantitative estimate of drug-likeness (QED) is 0.238. The topological polar surface area (TPSA) is 149 Å². The minimum Gasteiger partial charge on any atom is -0.453 e. The summed E-state index contributed by atoms with van der Waals surface area (Å²) in [5, 5.41) is 12.5. The van der Waals surface area contributed by atoms with Crippen LogP contribution >= 0.6 is 0 Å². The molecular weight excluding hydrogens is 754 g/mol. The van der Waals surface area contributed by atoms with Crippen molar-refractivity contribution in [2.75, 3.05) is 33.8 Å². The van der Waals surface area contributed by atoms with Crippen molar-refractivity contribution in [2.24, 2.45) is 22.7 Å². The lowest BCUT2D eigenvalue weighted by molar-refractivity contribution is -0.297. The van der Waals surface area contributed by atoms with Gasteiger partial charge in [-0.05, 0) is 72.2 Å². The molecule has 13 nitrogen and oxygen atoms in total. The fourth-order valence-corrected chi connectivity index (χ4v) is 9.55. The summed E-state index contributed by atoms with van der Waals surface area (Å²) in [7, 11) is 3.60. The summed E-state index contributed by atoms with van der Waals surface area (Å²) >= 11 is 0. The molecular formula is C43H56F2N4O9. The first kappa shape index (κ1) is 43.5. The first-order valence-electron chi connectivity index (χ1n) is 20.1. The Morgan fingerprint density at radius 3 is 2.52 bits per heavy atom. The summed E-state index contributed by atoms with van der Waals surface area (Å²) in [6.45, 7) is 11.9. The van der Waals surface area contributed by atoms with E-state index < -0.39 is 95.5 Å². The van der Waals surface area contributed by atoms with Gasteiger partial charge in [-0.1, -0.05) is 57.7 Å². The number of benzene rings is 1.